The summed E-state index contributed by atoms with van der Waals surface area (Å²) in [5, 5.41) is 2.89. The van der Waals surface area contributed by atoms with Crippen molar-refractivity contribution in [2.75, 3.05) is 6.54 Å². The van der Waals surface area contributed by atoms with Crippen molar-refractivity contribution >= 4 is 27.5 Å². The molecule has 0 spiro atoms. The van der Waals surface area contributed by atoms with Crippen LogP contribution in [0.3, 0.4) is 0 Å². The maximum absolute atomic E-state index is 12.9. The molecule has 3 rings (SSSR count). The number of nitrogens with zero attached hydrogens (tertiary/aromatic N) is 2. The molecular weight excluding hydrogens is 361 g/mol. The van der Waals surface area contributed by atoms with Crippen molar-refractivity contribution in [3.8, 4) is 0 Å². The van der Waals surface area contributed by atoms with Gasteiger partial charge in [0.15, 0.2) is 0 Å². The number of fused-ring (bicyclic) bond motifs is 1. The van der Waals surface area contributed by atoms with Crippen molar-refractivity contribution in [3.05, 3.63) is 69.8 Å². The quantitative estimate of drug-likeness (QED) is 0.758. The molecule has 2 heterocycles. The van der Waals surface area contributed by atoms with Gasteiger partial charge in [-0.1, -0.05) is 12.1 Å². The molecule has 0 bridgehead atoms. The van der Waals surface area contributed by atoms with E-state index in [2.05, 4.69) is 26.2 Å². The van der Waals surface area contributed by atoms with Crippen LogP contribution in [0.1, 0.15) is 21.7 Å². The zero-order chi connectivity index (χ0) is 16.4. The highest BCUT2D eigenvalue weighted by atomic mass is 79.9. The van der Waals surface area contributed by atoms with E-state index in [9.17, 15) is 9.18 Å². The standard InChI is InChI=1S/C17H15BrFN3O/c1-11-16(22-10-13(18)4-7-15(22)21-11)17(23)20-9-8-12-2-5-14(19)6-3-12/h2-7,10H,8-9H2,1H3,(H,20,23). The number of benzene rings is 1. The number of pyridine rings is 1. The smallest absolute Gasteiger partial charge is 0.270 e. The summed E-state index contributed by atoms with van der Waals surface area (Å²) < 4.78 is 15.5. The van der Waals surface area contributed by atoms with Crippen LogP contribution in [0.4, 0.5) is 4.39 Å². The number of carbonyl (C=O) groups is 1. The molecule has 1 aromatic carbocycles. The summed E-state index contributed by atoms with van der Waals surface area (Å²) in [7, 11) is 0. The normalized spacial score (nSPS) is 10.9. The van der Waals surface area contributed by atoms with Crippen LogP contribution < -0.4 is 5.32 Å². The SMILES string of the molecule is Cc1nc2ccc(Br)cn2c1C(=O)NCCc1ccc(F)cc1. The molecule has 1 N–H and O–H groups in total. The molecule has 0 aliphatic heterocycles. The molecule has 2 aromatic heterocycles. The maximum atomic E-state index is 12.9. The highest BCUT2D eigenvalue weighted by Gasteiger charge is 2.16. The Morgan fingerprint density at radius 3 is 2.74 bits per heavy atom. The average molecular weight is 376 g/mol. The maximum Gasteiger partial charge on any atom is 0.270 e. The van der Waals surface area contributed by atoms with Crippen molar-refractivity contribution in [3.63, 3.8) is 0 Å². The van der Waals surface area contributed by atoms with E-state index in [1.807, 2.05) is 25.3 Å². The van der Waals surface area contributed by atoms with Gasteiger partial charge in [-0.2, -0.15) is 0 Å². The van der Waals surface area contributed by atoms with Crippen molar-refractivity contribution in [2.45, 2.75) is 13.3 Å². The van der Waals surface area contributed by atoms with Gasteiger partial charge in [-0.3, -0.25) is 9.20 Å². The molecular formula is C17H15BrFN3O. The van der Waals surface area contributed by atoms with E-state index in [1.165, 1.54) is 12.1 Å². The molecule has 0 radical (unpaired) electrons. The average Bonchev–Trinajstić information content (AvgIpc) is 2.84. The molecule has 0 unspecified atom stereocenters. The fraction of sp³-hybridized carbons (Fsp3) is 0.176. The van der Waals surface area contributed by atoms with Gasteiger partial charge < -0.3 is 5.32 Å². The molecule has 1 amide bonds. The number of hydrogen-bond donors (Lipinski definition) is 1. The largest absolute Gasteiger partial charge is 0.350 e. The molecule has 0 fully saturated rings. The van der Waals surface area contributed by atoms with Gasteiger partial charge in [0.2, 0.25) is 0 Å². The Bertz CT molecular complexity index is 858. The van der Waals surface area contributed by atoms with Crippen LogP contribution >= 0.6 is 15.9 Å². The second kappa shape index (κ2) is 6.50. The van der Waals surface area contributed by atoms with Crippen LogP contribution in [0.5, 0.6) is 0 Å². The summed E-state index contributed by atoms with van der Waals surface area (Å²) in [4.78, 5) is 16.8. The number of nitrogens with one attached hydrogen (secondary N) is 1. The van der Waals surface area contributed by atoms with Crippen LogP contribution in [0.15, 0.2) is 47.1 Å². The van der Waals surface area contributed by atoms with Crippen molar-refractivity contribution in [1.82, 2.24) is 14.7 Å². The molecule has 23 heavy (non-hydrogen) atoms. The first-order chi connectivity index (χ1) is 11.0. The van der Waals surface area contributed by atoms with E-state index in [0.29, 0.717) is 24.4 Å². The summed E-state index contributed by atoms with van der Waals surface area (Å²) in [5.74, 6) is -0.431. The molecule has 3 aromatic rings. The Morgan fingerprint density at radius 1 is 1.26 bits per heavy atom. The number of rotatable bonds is 4. The third-order valence-electron chi connectivity index (χ3n) is 3.58. The van der Waals surface area contributed by atoms with Crippen LogP contribution in [0, 0.1) is 12.7 Å². The van der Waals surface area contributed by atoms with Gasteiger partial charge in [-0.15, -0.1) is 0 Å². The predicted octanol–water partition coefficient (Wildman–Crippen LogP) is 3.52. The van der Waals surface area contributed by atoms with Gasteiger partial charge in [0.25, 0.3) is 5.91 Å². The fourth-order valence-corrected chi connectivity index (χ4v) is 2.80. The zero-order valence-electron chi connectivity index (χ0n) is 12.5. The second-order valence-electron chi connectivity index (χ2n) is 5.25. The molecule has 118 valence electrons. The molecule has 4 nitrogen and oxygen atoms in total. The molecule has 0 aliphatic rings. The van der Waals surface area contributed by atoms with Crippen LogP contribution in [-0.4, -0.2) is 21.8 Å². The van der Waals surface area contributed by atoms with Gasteiger partial charge in [-0.05, 0) is 59.1 Å². The summed E-state index contributed by atoms with van der Waals surface area (Å²) in [6.07, 6.45) is 2.47. The number of aryl methyl sites for hydroxylation is 1. The Hall–Kier alpha value is -2.21. The third kappa shape index (κ3) is 3.42. The van der Waals surface area contributed by atoms with E-state index in [0.717, 1.165) is 15.7 Å². The summed E-state index contributed by atoms with van der Waals surface area (Å²) in [5.41, 5.74) is 2.92. The van der Waals surface area contributed by atoms with Crippen LogP contribution in [-0.2, 0) is 6.42 Å². The molecule has 0 saturated carbocycles. The predicted molar refractivity (Wildman–Crippen MR) is 90.1 cm³/mol. The zero-order valence-corrected chi connectivity index (χ0v) is 14.1. The Kier molecular flexibility index (Phi) is 4.43. The van der Waals surface area contributed by atoms with E-state index < -0.39 is 0 Å². The lowest BCUT2D eigenvalue weighted by Crippen LogP contribution is -2.27. The lowest BCUT2D eigenvalue weighted by Gasteiger charge is -2.06. The number of halogens is 2. The van der Waals surface area contributed by atoms with Gasteiger partial charge in [0.1, 0.15) is 17.2 Å². The minimum Gasteiger partial charge on any atom is -0.350 e. The second-order valence-corrected chi connectivity index (χ2v) is 6.17. The number of aromatic nitrogens is 2. The van der Waals surface area contributed by atoms with E-state index in [4.69, 9.17) is 0 Å². The topological polar surface area (TPSA) is 46.4 Å². The molecule has 0 atom stereocenters. The number of imidazole rings is 1. The van der Waals surface area contributed by atoms with E-state index in [-0.39, 0.29) is 11.7 Å². The third-order valence-corrected chi connectivity index (χ3v) is 4.05. The van der Waals surface area contributed by atoms with Crippen molar-refractivity contribution in [1.29, 1.82) is 0 Å². The monoisotopic (exact) mass is 375 g/mol. The first kappa shape index (κ1) is 15.7. The first-order valence-corrected chi connectivity index (χ1v) is 8.01. The van der Waals surface area contributed by atoms with Crippen LogP contribution in [0.2, 0.25) is 0 Å². The highest BCUT2D eigenvalue weighted by Crippen LogP contribution is 2.16. The summed E-state index contributed by atoms with van der Waals surface area (Å²) in [6, 6.07) is 10.0. The van der Waals surface area contributed by atoms with Crippen molar-refractivity contribution in [2.24, 2.45) is 0 Å². The Morgan fingerprint density at radius 2 is 2.00 bits per heavy atom. The van der Waals surface area contributed by atoms with Gasteiger partial charge in [0, 0.05) is 17.2 Å². The highest BCUT2D eigenvalue weighted by molar-refractivity contribution is 9.10. The number of carbonyl (C=O) groups excluding carboxylic acids is 1. The van der Waals surface area contributed by atoms with Gasteiger partial charge in [-0.25, -0.2) is 9.37 Å². The molecule has 0 aliphatic carbocycles. The van der Waals surface area contributed by atoms with E-state index >= 15 is 0 Å². The summed E-state index contributed by atoms with van der Waals surface area (Å²) in [6.45, 7) is 2.29. The lowest BCUT2D eigenvalue weighted by atomic mass is 10.1. The van der Waals surface area contributed by atoms with Gasteiger partial charge in [0.05, 0.1) is 5.69 Å². The Labute approximate surface area is 141 Å². The fourth-order valence-electron chi connectivity index (χ4n) is 2.47. The number of amides is 1. The first-order valence-electron chi connectivity index (χ1n) is 7.21. The molecule has 0 saturated heterocycles. The minimum absolute atomic E-state index is 0.171. The number of hydrogen-bond acceptors (Lipinski definition) is 2. The van der Waals surface area contributed by atoms with Gasteiger partial charge >= 0.3 is 0 Å². The van der Waals surface area contributed by atoms with Crippen molar-refractivity contribution < 1.29 is 9.18 Å². The Balaban J connectivity index is 1.72. The van der Waals surface area contributed by atoms with E-state index in [1.54, 1.807) is 16.5 Å². The summed E-state index contributed by atoms with van der Waals surface area (Å²) >= 11 is 3.40. The minimum atomic E-state index is -0.260. The lowest BCUT2D eigenvalue weighted by molar-refractivity contribution is 0.0947. The molecule has 6 heteroatoms. The van der Waals surface area contributed by atoms with Crippen LogP contribution in [0.25, 0.3) is 5.65 Å².